The highest BCUT2D eigenvalue weighted by molar-refractivity contribution is 5.56. The first-order valence-corrected chi connectivity index (χ1v) is 7.63. The minimum absolute atomic E-state index is 0.817. The van der Waals surface area contributed by atoms with Gasteiger partial charge in [0, 0.05) is 43.7 Å². The molecule has 2 aromatic carbocycles. The first kappa shape index (κ1) is 13.8. The fourth-order valence-corrected chi connectivity index (χ4v) is 2.97. The minimum Gasteiger partial charge on any atom is -0.399 e. The number of likely N-dealkylation sites (N-methyl/N-ethyl adjacent to an activating group) is 1. The van der Waals surface area contributed by atoms with Crippen LogP contribution in [0.25, 0.3) is 0 Å². The molecular weight excluding hydrogens is 258 g/mol. The summed E-state index contributed by atoms with van der Waals surface area (Å²) < 4.78 is 0. The molecule has 0 spiro atoms. The number of fused-ring (bicyclic) bond motifs is 1. The van der Waals surface area contributed by atoms with Crippen molar-refractivity contribution in [2.75, 3.05) is 42.2 Å². The van der Waals surface area contributed by atoms with Crippen molar-refractivity contribution in [2.45, 2.75) is 12.8 Å². The Bertz CT molecular complexity index is 592. The van der Waals surface area contributed by atoms with E-state index in [4.69, 9.17) is 5.73 Å². The maximum atomic E-state index is 5.74. The highest BCUT2D eigenvalue weighted by Gasteiger charge is 2.16. The maximum Gasteiger partial charge on any atom is 0.0399 e. The lowest BCUT2D eigenvalue weighted by atomic mass is 10.0. The third kappa shape index (κ3) is 3.13. The molecule has 0 saturated heterocycles. The number of rotatable bonds is 4. The number of hydrogen-bond donors (Lipinski definition) is 1. The van der Waals surface area contributed by atoms with Gasteiger partial charge in [-0.05, 0) is 48.7 Å². The molecule has 21 heavy (non-hydrogen) atoms. The Morgan fingerprint density at radius 1 is 1.10 bits per heavy atom. The topological polar surface area (TPSA) is 32.5 Å². The van der Waals surface area contributed by atoms with Gasteiger partial charge in [-0.15, -0.1) is 0 Å². The summed E-state index contributed by atoms with van der Waals surface area (Å²) in [5.41, 5.74) is 10.7. The molecule has 2 aromatic rings. The van der Waals surface area contributed by atoms with Gasteiger partial charge in [0.05, 0.1) is 0 Å². The van der Waals surface area contributed by atoms with Crippen LogP contribution in [0.1, 0.15) is 12.0 Å². The van der Waals surface area contributed by atoms with Crippen LogP contribution in [0.2, 0.25) is 0 Å². The largest absolute Gasteiger partial charge is 0.399 e. The number of anilines is 3. The Kier molecular flexibility index (Phi) is 4.00. The zero-order valence-electron chi connectivity index (χ0n) is 12.6. The van der Waals surface area contributed by atoms with Crippen molar-refractivity contribution < 1.29 is 0 Å². The molecule has 0 radical (unpaired) electrons. The molecule has 0 aromatic heterocycles. The standard InChI is InChI=1S/C18H23N3/c1-20(17-10-8-16(19)9-11-17)13-14-21-12-4-6-15-5-2-3-7-18(15)21/h2-3,5,7-11H,4,6,12-14,19H2,1H3. The van der Waals surface area contributed by atoms with Crippen LogP contribution in [0.5, 0.6) is 0 Å². The molecule has 2 N–H and O–H groups in total. The van der Waals surface area contributed by atoms with Gasteiger partial charge in [-0.1, -0.05) is 18.2 Å². The van der Waals surface area contributed by atoms with E-state index >= 15 is 0 Å². The van der Waals surface area contributed by atoms with Crippen LogP contribution in [0.3, 0.4) is 0 Å². The number of para-hydroxylation sites is 1. The molecule has 0 saturated carbocycles. The van der Waals surface area contributed by atoms with Crippen molar-refractivity contribution >= 4 is 17.1 Å². The maximum absolute atomic E-state index is 5.74. The molecule has 0 amide bonds. The van der Waals surface area contributed by atoms with E-state index in [0.717, 1.165) is 25.3 Å². The molecule has 0 fully saturated rings. The number of aryl methyl sites for hydroxylation is 1. The lowest BCUT2D eigenvalue weighted by molar-refractivity contribution is 0.683. The summed E-state index contributed by atoms with van der Waals surface area (Å²) in [4.78, 5) is 4.79. The molecule has 0 atom stereocenters. The summed E-state index contributed by atoms with van der Waals surface area (Å²) in [6.45, 7) is 3.22. The molecule has 0 unspecified atom stereocenters. The van der Waals surface area contributed by atoms with E-state index < -0.39 is 0 Å². The van der Waals surface area contributed by atoms with Gasteiger partial charge < -0.3 is 15.5 Å². The smallest absolute Gasteiger partial charge is 0.0399 e. The predicted octanol–water partition coefficient (Wildman–Crippen LogP) is 3.16. The second-order valence-electron chi connectivity index (χ2n) is 5.73. The van der Waals surface area contributed by atoms with E-state index in [9.17, 15) is 0 Å². The molecule has 0 aliphatic carbocycles. The van der Waals surface area contributed by atoms with E-state index in [1.165, 1.54) is 29.8 Å². The number of nitrogens with zero attached hydrogens (tertiary/aromatic N) is 2. The average Bonchev–Trinajstić information content (AvgIpc) is 2.53. The summed E-state index contributed by atoms with van der Waals surface area (Å²) in [5.74, 6) is 0. The van der Waals surface area contributed by atoms with Crippen molar-refractivity contribution in [3.05, 3.63) is 54.1 Å². The first-order valence-electron chi connectivity index (χ1n) is 7.63. The third-order valence-electron chi connectivity index (χ3n) is 4.25. The normalized spacial score (nSPS) is 13.9. The first-order chi connectivity index (χ1) is 10.2. The van der Waals surface area contributed by atoms with Gasteiger partial charge in [0.1, 0.15) is 0 Å². The number of nitrogen functional groups attached to an aromatic ring is 1. The zero-order chi connectivity index (χ0) is 14.7. The van der Waals surface area contributed by atoms with E-state index in [-0.39, 0.29) is 0 Å². The summed E-state index contributed by atoms with van der Waals surface area (Å²) in [5, 5.41) is 0. The molecule has 0 bridgehead atoms. The molecular formula is C18H23N3. The molecule has 3 heteroatoms. The summed E-state index contributed by atoms with van der Waals surface area (Å²) >= 11 is 0. The lowest BCUT2D eigenvalue weighted by Gasteiger charge is -2.33. The number of nitrogens with two attached hydrogens (primary N) is 1. The van der Waals surface area contributed by atoms with Crippen molar-refractivity contribution in [3.63, 3.8) is 0 Å². The lowest BCUT2D eigenvalue weighted by Crippen LogP contribution is -2.36. The van der Waals surface area contributed by atoms with Gasteiger partial charge in [-0.25, -0.2) is 0 Å². The van der Waals surface area contributed by atoms with Gasteiger partial charge in [0.15, 0.2) is 0 Å². The highest BCUT2D eigenvalue weighted by Crippen LogP contribution is 2.26. The van der Waals surface area contributed by atoms with Crippen molar-refractivity contribution in [2.24, 2.45) is 0 Å². The van der Waals surface area contributed by atoms with Gasteiger partial charge in [0.25, 0.3) is 0 Å². The Labute approximate surface area is 127 Å². The molecule has 3 rings (SSSR count). The van der Waals surface area contributed by atoms with Crippen LogP contribution in [0, 0.1) is 0 Å². The second-order valence-corrected chi connectivity index (χ2v) is 5.73. The highest BCUT2D eigenvalue weighted by atomic mass is 15.2. The fraction of sp³-hybridized carbons (Fsp3) is 0.333. The summed E-state index contributed by atoms with van der Waals surface area (Å²) in [6.07, 6.45) is 2.46. The predicted molar refractivity (Wildman–Crippen MR) is 91.1 cm³/mol. The van der Waals surface area contributed by atoms with Crippen LogP contribution in [0.4, 0.5) is 17.1 Å². The SMILES string of the molecule is CN(CCN1CCCc2ccccc21)c1ccc(N)cc1. The van der Waals surface area contributed by atoms with Crippen LogP contribution < -0.4 is 15.5 Å². The quantitative estimate of drug-likeness (QED) is 0.874. The van der Waals surface area contributed by atoms with Gasteiger partial charge in [0.2, 0.25) is 0 Å². The fourth-order valence-electron chi connectivity index (χ4n) is 2.97. The molecule has 110 valence electrons. The van der Waals surface area contributed by atoms with Crippen LogP contribution >= 0.6 is 0 Å². The number of hydrogen-bond acceptors (Lipinski definition) is 3. The third-order valence-corrected chi connectivity index (χ3v) is 4.25. The van der Waals surface area contributed by atoms with Gasteiger partial charge in [-0.2, -0.15) is 0 Å². The Balaban J connectivity index is 1.64. The monoisotopic (exact) mass is 281 g/mol. The van der Waals surface area contributed by atoms with Crippen LogP contribution in [0.15, 0.2) is 48.5 Å². The average molecular weight is 281 g/mol. The van der Waals surface area contributed by atoms with E-state index in [1.807, 2.05) is 12.1 Å². The van der Waals surface area contributed by atoms with E-state index in [1.54, 1.807) is 0 Å². The summed E-state index contributed by atoms with van der Waals surface area (Å²) in [7, 11) is 2.14. The second kappa shape index (κ2) is 6.08. The Morgan fingerprint density at radius 3 is 2.67 bits per heavy atom. The van der Waals surface area contributed by atoms with Crippen molar-refractivity contribution in [1.82, 2.24) is 0 Å². The molecule has 1 aliphatic heterocycles. The number of benzene rings is 2. The minimum atomic E-state index is 0.817. The van der Waals surface area contributed by atoms with Crippen LogP contribution in [-0.2, 0) is 6.42 Å². The molecule has 3 nitrogen and oxygen atoms in total. The zero-order valence-corrected chi connectivity index (χ0v) is 12.6. The Morgan fingerprint density at radius 2 is 1.86 bits per heavy atom. The Hall–Kier alpha value is -2.16. The van der Waals surface area contributed by atoms with E-state index in [0.29, 0.717) is 0 Å². The molecule has 1 heterocycles. The van der Waals surface area contributed by atoms with Crippen LogP contribution in [-0.4, -0.2) is 26.7 Å². The van der Waals surface area contributed by atoms with E-state index in [2.05, 4.69) is 53.2 Å². The van der Waals surface area contributed by atoms with Gasteiger partial charge >= 0.3 is 0 Å². The molecule has 1 aliphatic rings. The van der Waals surface area contributed by atoms with Crippen molar-refractivity contribution in [1.29, 1.82) is 0 Å². The van der Waals surface area contributed by atoms with Crippen molar-refractivity contribution in [3.8, 4) is 0 Å². The van der Waals surface area contributed by atoms with Gasteiger partial charge in [-0.3, -0.25) is 0 Å². The summed E-state index contributed by atoms with van der Waals surface area (Å²) in [6, 6.07) is 16.9.